The maximum Gasteiger partial charge on any atom is 0.217 e. The maximum absolute atomic E-state index is 10.7. The number of nitrogens with two attached hydrogens (primary N) is 1. The SMILES string of the molecule is NC(=O)CCC/C=C\C[C@@H]1[C@@H](/C=C/C(O)CCc2cc(Cl)sc2Cl)[C@H](O)C[C@@H]1O. The fraction of sp³-hybridized carbons (Fsp3) is 0.571. The van der Waals surface area contributed by atoms with Gasteiger partial charge < -0.3 is 21.1 Å². The summed E-state index contributed by atoms with van der Waals surface area (Å²) in [5, 5.41) is 30.8. The Morgan fingerprint density at radius 2 is 2.07 bits per heavy atom. The number of primary amides is 1. The van der Waals surface area contributed by atoms with Crippen LogP contribution in [-0.2, 0) is 11.2 Å². The molecule has 0 radical (unpaired) electrons. The molecule has 1 saturated carbocycles. The predicted molar refractivity (Wildman–Crippen MR) is 118 cm³/mol. The van der Waals surface area contributed by atoms with Gasteiger partial charge in [0.2, 0.25) is 5.91 Å². The van der Waals surface area contributed by atoms with Gasteiger partial charge in [-0.05, 0) is 49.7 Å². The summed E-state index contributed by atoms with van der Waals surface area (Å²) in [5.74, 6) is -0.624. The Labute approximate surface area is 185 Å². The number of rotatable bonds is 11. The van der Waals surface area contributed by atoms with E-state index in [-0.39, 0.29) is 17.7 Å². The Morgan fingerprint density at radius 3 is 2.72 bits per heavy atom. The molecule has 0 aliphatic heterocycles. The first-order valence-electron chi connectivity index (χ1n) is 9.87. The second kappa shape index (κ2) is 12.1. The number of allylic oxidation sites excluding steroid dienone is 2. The lowest BCUT2D eigenvalue weighted by Gasteiger charge is -2.19. The van der Waals surface area contributed by atoms with Gasteiger partial charge in [0, 0.05) is 18.8 Å². The molecule has 29 heavy (non-hydrogen) atoms. The van der Waals surface area contributed by atoms with Crippen LogP contribution in [-0.4, -0.2) is 39.5 Å². The van der Waals surface area contributed by atoms with Gasteiger partial charge in [0.15, 0.2) is 0 Å². The molecule has 1 aliphatic rings. The standard InChI is InChI=1S/C21H29Cl2NO4S/c22-19-11-13(21(23)29-19)7-8-14(25)9-10-16-15(17(26)12-18(16)27)5-3-1-2-4-6-20(24)28/h1,3,9-11,14-18,25-27H,2,4-8,12H2,(H2,24,28)/b3-1-,10-9+/t14?,15-,16-,17+,18-/m1/s1. The Morgan fingerprint density at radius 1 is 1.31 bits per heavy atom. The van der Waals surface area contributed by atoms with E-state index in [1.54, 1.807) is 6.08 Å². The summed E-state index contributed by atoms with van der Waals surface area (Å²) in [6.07, 6.45) is 9.47. The highest BCUT2D eigenvalue weighted by Crippen LogP contribution is 2.36. The van der Waals surface area contributed by atoms with Gasteiger partial charge >= 0.3 is 0 Å². The van der Waals surface area contributed by atoms with Crippen molar-refractivity contribution in [2.45, 2.75) is 63.3 Å². The number of aliphatic hydroxyl groups is 3. The number of aryl methyl sites for hydroxylation is 1. The molecule has 5 atom stereocenters. The molecule has 1 aromatic rings. The molecule has 0 aromatic carbocycles. The van der Waals surface area contributed by atoms with E-state index in [2.05, 4.69) is 0 Å². The molecular weight excluding hydrogens is 433 g/mol. The minimum atomic E-state index is -0.667. The molecule has 0 saturated heterocycles. The van der Waals surface area contributed by atoms with Gasteiger partial charge in [0.25, 0.3) is 0 Å². The molecule has 1 unspecified atom stereocenters. The van der Waals surface area contributed by atoms with Crippen molar-refractivity contribution < 1.29 is 20.1 Å². The number of aliphatic hydroxyl groups excluding tert-OH is 3. The van der Waals surface area contributed by atoms with Crippen molar-refractivity contribution in [3.05, 3.63) is 44.6 Å². The highest BCUT2D eigenvalue weighted by Gasteiger charge is 2.39. The van der Waals surface area contributed by atoms with E-state index in [0.717, 1.165) is 12.0 Å². The van der Waals surface area contributed by atoms with Gasteiger partial charge in [-0.25, -0.2) is 0 Å². The van der Waals surface area contributed by atoms with Crippen molar-refractivity contribution >= 4 is 40.4 Å². The number of amides is 1. The third kappa shape index (κ3) is 8.04. The number of carbonyl (C=O) groups excluding carboxylic acids is 1. The highest BCUT2D eigenvalue weighted by molar-refractivity contribution is 7.20. The van der Waals surface area contributed by atoms with Gasteiger partial charge in [0.05, 0.1) is 27.0 Å². The van der Waals surface area contributed by atoms with Crippen molar-refractivity contribution in [1.82, 2.24) is 0 Å². The second-order valence-electron chi connectivity index (χ2n) is 7.52. The first-order chi connectivity index (χ1) is 13.8. The number of unbranched alkanes of at least 4 members (excludes halogenated alkanes) is 1. The minimum absolute atomic E-state index is 0.106. The topological polar surface area (TPSA) is 104 Å². The smallest absolute Gasteiger partial charge is 0.217 e. The average molecular weight is 462 g/mol. The number of hydrogen-bond acceptors (Lipinski definition) is 5. The monoisotopic (exact) mass is 461 g/mol. The molecule has 0 bridgehead atoms. The normalized spacial score (nSPS) is 26.0. The lowest BCUT2D eigenvalue weighted by atomic mass is 9.89. The van der Waals surface area contributed by atoms with Crippen LogP contribution in [0.4, 0.5) is 0 Å². The average Bonchev–Trinajstić information content (AvgIpc) is 3.11. The number of thiophene rings is 1. The Kier molecular flexibility index (Phi) is 10.2. The third-order valence-electron chi connectivity index (χ3n) is 5.28. The second-order valence-corrected chi connectivity index (χ2v) is 9.80. The first-order valence-corrected chi connectivity index (χ1v) is 11.4. The Hall–Kier alpha value is -0.890. The van der Waals surface area contributed by atoms with Crippen LogP contribution in [0.2, 0.25) is 8.67 Å². The molecule has 1 amide bonds. The van der Waals surface area contributed by atoms with E-state index in [1.807, 2.05) is 24.3 Å². The predicted octanol–water partition coefficient (Wildman–Crippen LogP) is 3.86. The molecule has 5 nitrogen and oxygen atoms in total. The van der Waals surface area contributed by atoms with Gasteiger partial charge in [0.1, 0.15) is 0 Å². The van der Waals surface area contributed by atoms with Gasteiger partial charge in [-0.1, -0.05) is 47.5 Å². The van der Waals surface area contributed by atoms with Crippen LogP contribution in [0.1, 0.15) is 44.1 Å². The zero-order chi connectivity index (χ0) is 21.4. The van der Waals surface area contributed by atoms with Crippen LogP contribution in [0.3, 0.4) is 0 Å². The minimum Gasteiger partial charge on any atom is -0.393 e. The number of hydrogen-bond donors (Lipinski definition) is 4. The lowest BCUT2D eigenvalue weighted by Crippen LogP contribution is -2.20. The third-order valence-corrected chi connectivity index (χ3v) is 6.85. The lowest BCUT2D eigenvalue weighted by molar-refractivity contribution is -0.118. The van der Waals surface area contributed by atoms with E-state index in [4.69, 9.17) is 28.9 Å². The number of carbonyl (C=O) groups is 1. The van der Waals surface area contributed by atoms with Crippen molar-refractivity contribution in [3.63, 3.8) is 0 Å². The van der Waals surface area contributed by atoms with Crippen molar-refractivity contribution in [3.8, 4) is 0 Å². The fourth-order valence-electron chi connectivity index (χ4n) is 3.67. The van der Waals surface area contributed by atoms with Crippen molar-refractivity contribution in [2.24, 2.45) is 17.6 Å². The molecule has 1 aliphatic carbocycles. The molecule has 1 heterocycles. The van der Waals surface area contributed by atoms with Crippen molar-refractivity contribution in [1.29, 1.82) is 0 Å². The van der Waals surface area contributed by atoms with E-state index >= 15 is 0 Å². The van der Waals surface area contributed by atoms with E-state index in [9.17, 15) is 20.1 Å². The quantitative estimate of drug-likeness (QED) is 0.296. The summed E-state index contributed by atoms with van der Waals surface area (Å²) >= 11 is 13.4. The van der Waals surface area contributed by atoms with Gasteiger partial charge in [-0.3, -0.25) is 4.79 Å². The van der Waals surface area contributed by atoms with E-state index in [0.29, 0.717) is 47.2 Å². The maximum atomic E-state index is 10.7. The van der Waals surface area contributed by atoms with E-state index in [1.165, 1.54) is 11.3 Å². The molecule has 1 fully saturated rings. The van der Waals surface area contributed by atoms with Gasteiger partial charge in [-0.15, -0.1) is 11.3 Å². The van der Waals surface area contributed by atoms with Crippen LogP contribution >= 0.6 is 34.5 Å². The molecule has 2 rings (SSSR count). The summed E-state index contributed by atoms with van der Waals surface area (Å²) < 4.78 is 1.27. The largest absolute Gasteiger partial charge is 0.393 e. The van der Waals surface area contributed by atoms with Crippen LogP contribution in [0.15, 0.2) is 30.4 Å². The Bertz CT molecular complexity index is 722. The molecule has 5 N–H and O–H groups in total. The molecule has 1 aromatic heterocycles. The number of halogens is 2. The highest BCUT2D eigenvalue weighted by atomic mass is 35.5. The zero-order valence-corrected chi connectivity index (χ0v) is 18.5. The fourth-order valence-corrected chi connectivity index (χ4v) is 5.22. The van der Waals surface area contributed by atoms with E-state index < -0.39 is 18.3 Å². The molecular formula is C21H29Cl2NO4S. The first kappa shape index (κ1) is 24.4. The molecule has 8 heteroatoms. The van der Waals surface area contributed by atoms with Crippen LogP contribution in [0.5, 0.6) is 0 Å². The van der Waals surface area contributed by atoms with Gasteiger partial charge in [-0.2, -0.15) is 0 Å². The van der Waals surface area contributed by atoms with Crippen molar-refractivity contribution in [2.75, 3.05) is 0 Å². The molecule has 162 valence electrons. The summed E-state index contributed by atoms with van der Waals surface area (Å²) in [6.45, 7) is 0. The summed E-state index contributed by atoms with van der Waals surface area (Å²) in [6, 6.07) is 1.81. The van der Waals surface area contributed by atoms with Crippen LogP contribution < -0.4 is 5.73 Å². The summed E-state index contributed by atoms with van der Waals surface area (Å²) in [4.78, 5) is 10.7. The van der Waals surface area contributed by atoms with Crippen LogP contribution in [0.25, 0.3) is 0 Å². The molecule has 0 spiro atoms. The zero-order valence-electron chi connectivity index (χ0n) is 16.2. The summed E-state index contributed by atoms with van der Waals surface area (Å²) in [7, 11) is 0. The summed E-state index contributed by atoms with van der Waals surface area (Å²) in [5.41, 5.74) is 6.04. The Balaban J connectivity index is 1.84. The van der Waals surface area contributed by atoms with Crippen LogP contribution in [0, 0.1) is 11.8 Å².